The van der Waals surface area contributed by atoms with Crippen LogP contribution in [0.2, 0.25) is 0 Å². The molecule has 1 aliphatic carbocycles. The molecule has 3 rings (SSSR count). The molecule has 1 N–H and O–H groups in total. The fraction of sp³-hybridized carbons (Fsp3) is 0.429. The number of benzene rings is 1. The number of amides is 1. The topological polar surface area (TPSA) is 111 Å². The Kier molecular flexibility index (Phi) is 6.71. The van der Waals surface area contributed by atoms with Crippen molar-refractivity contribution in [1.82, 2.24) is 4.90 Å². The highest BCUT2D eigenvalue weighted by Crippen LogP contribution is 2.37. The predicted octanol–water partition coefficient (Wildman–Crippen LogP) is 3.03. The van der Waals surface area contributed by atoms with E-state index in [1.165, 1.54) is 7.11 Å². The van der Waals surface area contributed by atoms with Crippen LogP contribution in [-0.2, 0) is 14.3 Å². The van der Waals surface area contributed by atoms with Gasteiger partial charge in [-0.15, -0.1) is 0 Å². The zero-order valence-electron chi connectivity index (χ0n) is 17.1. The molecule has 0 radical (unpaired) electrons. The van der Waals surface area contributed by atoms with Crippen molar-refractivity contribution in [3.05, 3.63) is 51.8 Å². The predicted molar refractivity (Wildman–Crippen MR) is 110 cm³/mol. The van der Waals surface area contributed by atoms with Crippen LogP contribution in [0.4, 0.5) is 11.4 Å². The summed E-state index contributed by atoms with van der Waals surface area (Å²) in [6.07, 6.45) is 5.76. The SMILES string of the molecule is CNc1cccc(OC2=CCCC3C(=O)N(CCCC(=O)OC)CC3=C2)c1[N+](=O)[O-]. The van der Waals surface area contributed by atoms with Crippen molar-refractivity contribution < 1.29 is 24.0 Å². The van der Waals surface area contributed by atoms with Gasteiger partial charge in [-0.25, -0.2) is 0 Å². The van der Waals surface area contributed by atoms with Crippen LogP contribution in [-0.4, -0.2) is 48.9 Å². The number of nitrogens with zero attached hydrogens (tertiary/aromatic N) is 2. The second-order valence-electron chi connectivity index (χ2n) is 7.16. The molecular formula is C21H25N3O6. The van der Waals surface area contributed by atoms with E-state index in [4.69, 9.17) is 4.74 Å². The van der Waals surface area contributed by atoms with Crippen LogP contribution < -0.4 is 10.1 Å². The molecule has 0 saturated carbocycles. The zero-order valence-corrected chi connectivity index (χ0v) is 17.1. The maximum Gasteiger partial charge on any atom is 0.334 e. The average Bonchev–Trinajstić information content (AvgIpc) is 2.89. The van der Waals surface area contributed by atoms with E-state index in [0.29, 0.717) is 43.8 Å². The van der Waals surface area contributed by atoms with Crippen LogP contribution in [0.25, 0.3) is 0 Å². The molecule has 30 heavy (non-hydrogen) atoms. The first kappa shape index (κ1) is 21.4. The molecule has 2 aliphatic rings. The highest BCUT2D eigenvalue weighted by atomic mass is 16.6. The molecule has 1 amide bonds. The van der Waals surface area contributed by atoms with Crippen molar-refractivity contribution in [2.24, 2.45) is 5.92 Å². The van der Waals surface area contributed by atoms with Crippen LogP contribution >= 0.6 is 0 Å². The Hall–Kier alpha value is -3.36. The van der Waals surface area contributed by atoms with Crippen LogP contribution in [0.15, 0.2) is 41.7 Å². The number of rotatable bonds is 8. The number of nitrogens with one attached hydrogen (secondary N) is 1. The normalized spacial score (nSPS) is 18.1. The first-order chi connectivity index (χ1) is 14.4. The third-order valence-electron chi connectivity index (χ3n) is 5.27. The van der Waals surface area contributed by atoms with E-state index >= 15 is 0 Å². The number of carbonyl (C=O) groups excluding carboxylic acids is 2. The smallest absolute Gasteiger partial charge is 0.334 e. The van der Waals surface area contributed by atoms with E-state index in [1.807, 2.05) is 12.2 Å². The third kappa shape index (κ3) is 4.61. The summed E-state index contributed by atoms with van der Waals surface area (Å²) in [6.45, 7) is 0.946. The third-order valence-corrected chi connectivity index (χ3v) is 5.27. The summed E-state index contributed by atoms with van der Waals surface area (Å²) in [5, 5.41) is 14.3. The van der Waals surface area contributed by atoms with E-state index in [1.54, 1.807) is 30.1 Å². The molecule has 1 saturated heterocycles. The van der Waals surface area contributed by atoms with Crippen molar-refractivity contribution in [3.8, 4) is 5.75 Å². The summed E-state index contributed by atoms with van der Waals surface area (Å²) >= 11 is 0. The molecule has 9 heteroatoms. The number of allylic oxidation sites excluding steroid dienone is 2. The maximum atomic E-state index is 12.7. The van der Waals surface area contributed by atoms with Crippen LogP contribution in [0.1, 0.15) is 25.7 Å². The average molecular weight is 415 g/mol. The van der Waals surface area contributed by atoms with Crippen molar-refractivity contribution in [3.63, 3.8) is 0 Å². The summed E-state index contributed by atoms with van der Waals surface area (Å²) in [5.74, 6) is 0.169. The molecule has 1 heterocycles. The van der Waals surface area contributed by atoms with E-state index in [2.05, 4.69) is 10.1 Å². The monoisotopic (exact) mass is 415 g/mol. The lowest BCUT2D eigenvalue weighted by Gasteiger charge is -2.15. The molecule has 1 fully saturated rings. The van der Waals surface area contributed by atoms with Gasteiger partial charge in [0.2, 0.25) is 11.7 Å². The van der Waals surface area contributed by atoms with Gasteiger partial charge in [0.25, 0.3) is 0 Å². The number of esters is 1. The number of para-hydroxylation sites is 1. The largest absolute Gasteiger partial charge is 0.469 e. The van der Waals surface area contributed by atoms with Gasteiger partial charge in [0, 0.05) is 26.6 Å². The van der Waals surface area contributed by atoms with Gasteiger partial charge in [0.1, 0.15) is 11.4 Å². The minimum Gasteiger partial charge on any atom is -0.469 e. The Morgan fingerprint density at radius 2 is 2.20 bits per heavy atom. The second-order valence-corrected chi connectivity index (χ2v) is 7.16. The van der Waals surface area contributed by atoms with Crippen molar-refractivity contribution in [1.29, 1.82) is 0 Å². The summed E-state index contributed by atoms with van der Waals surface area (Å²) in [6, 6.07) is 4.85. The van der Waals surface area contributed by atoms with Gasteiger partial charge in [-0.2, -0.15) is 0 Å². The first-order valence-electron chi connectivity index (χ1n) is 9.83. The summed E-state index contributed by atoms with van der Waals surface area (Å²) in [5.41, 5.74) is 1.16. The summed E-state index contributed by atoms with van der Waals surface area (Å²) in [7, 11) is 2.96. The minimum absolute atomic E-state index is 0.0453. The van der Waals surface area contributed by atoms with E-state index in [9.17, 15) is 19.7 Å². The number of methoxy groups -OCH3 is 1. The van der Waals surface area contributed by atoms with Crippen molar-refractivity contribution in [2.45, 2.75) is 25.7 Å². The van der Waals surface area contributed by atoms with Crippen LogP contribution in [0.5, 0.6) is 5.75 Å². The molecule has 1 aromatic rings. The van der Waals surface area contributed by atoms with Gasteiger partial charge >= 0.3 is 11.7 Å². The number of nitro groups is 1. The zero-order chi connectivity index (χ0) is 21.7. The molecule has 160 valence electrons. The highest BCUT2D eigenvalue weighted by Gasteiger charge is 2.36. The lowest BCUT2D eigenvalue weighted by molar-refractivity contribution is -0.384. The number of ether oxygens (including phenoxy) is 2. The number of hydrogen-bond acceptors (Lipinski definition) is 7. The standard InChI is InChI=1S/C21H25N3O6/c1-22-17-8-4-9-18(20(17)24(27)28)30-15-6-3-7-16-14(12-15)13-23(21(16)26)11-5-10-19(25)29-2/h4,6,8-9,12,16,22H,3,5,7,10-11,13H2,1-2H3. The van der Waals surface area contributed by atoms with Gasteiger partial charge in [-0.3, -0.25) is 19.7 Å². The van der Waals surface area contributed by atoms with Gasteiger partial charge in [0.05, 0.1) is 18.0 Å². The number of likely N-dealkylation sites (tertiary alicyclic amines) is 1. The van der Waals surface area contributed by atoms with Crippen molar-refractivity contribution >= 4 is 23.3 Å². The minimum atomic E-state index is -0.476. The molecule has 0 aromatic heterocycles. The van der Waals surface area contributed by atoms with Gasteiger partial charge in [-0.1, -0.05) is 6.07 Å². The Morgan fingerprint density at radius 1 is 1.40 bits per heavy atom. The molecule has 0 spiro atoms. The van der Waals surface area contributed by atoms with Crippen LogP contribution in [0, 0.1) is 16.0 Å². The second kappa shape index (κ2) is 9.43. The quantitative estimate of drug-likeness (QED) is 0.395. The van der Waals surface area contributed by atoms with Crippen LogP contribution in [0.3, 0.4) is 0 Å². The Morgan fingerprint density at radius 3 is 2.90 bits per heavy atom. The number of nitro benzene ring substituents is 1. The fourth-order valence-corrected chi connectivity index (χ4v) is 3.77. The number of hydrogen-bond donors (Lipinski definition) is 1. The molecular weight excluding hydrogens is 390 g/mol. The maximum absolute atomic E-state index is 12.7. The lowest BCUT2D eigenvalue weighted by atomic mass is 9.98. The Balaban J connectivity index is 1.75. The number of carbonyl (C=O) groups is 2. The van der Waals surface area contributed by atoms with E-state index in [-0.39, 0.29) is 35.7 Å². The Bertz CT molecular complexity index is 908. The summed E-state index contributed by atoms with van der Waals surface area (Å²) in [4.78, 5) is 36.8. The molecule has 0 bridgehead atoms. The van der Waals surface area contributed by atoms with E-state index in [0.717, 1.165) is 5.57 Å². The summed E-state index contributed by atoms with van der Waals surface area (Å²) < 4.78 is 10.5. The lowest BCUT2D eigenvalue weighted by Crippen LogP contribution is -2.28. The van der Waals surface area contributed by atoms with E-state index < -0.39 is 4.92 Å². The molecule has 1 unspecified atom stereocenters. The van der Waals surface area contributed by atoms with Crippen molar-refractivity contribution in [2.75, 3.05) is 32.6 Å². The molecule has 1 aromatic carbocycles. The first-order valence-corrected chi connectivity index (χ1v) is 9.83. The Labute approximate surface area is 174 Å². The number of fused-ring (bicyclic) bond motifs is 1. The molecule has 1 atom stereocenters. The van der Waals surface area contributed by atoms with Gasteiger partial charge < -0.3 is 19.7 Å². The number of anilines is 1. The van der Waals surface area contributed by atoms with Gasteiger partial charge in [-0.05, 0) is 49.1 Å². The highest BCUT2D eigenvalue weighted by molar-refractivity contribution is 5.85. The molecule has 1 aliphatic heterocycles. The molecule has 9 nitrogen and oxygen atoms in total. The van der Waals surface area contributed by atoms with Gasteiger partial charge in [0.15, 0.2) is 0 Å². The fourth-order valence-electron chi connectivity index (χ4n) is 3.77.